The summed E-state index contributed by atoms with van der Waals surface area (Å²) in [6, 6.07) is -0.293. The highest BCUT2D eigenvalue weighted by Gasteiger charge is 2.31. The summed E-state index contributed by atoms with van der Waals surface area (Å²) in [5.41, 5.74) is 1.33. The highest BCUT2D eigenvalue weighted by molar-refractivity contribution is 5.90. The molecule has 2 aromatic heterocycles. The van der Waals surface area contributed by atoms with E-state index in [1.165, 1.54) is 0 Å². The van der Waals surface area contributed by atoms with Crippen LogP contribution in [0.3, 0.4) is 0 Å². The normalized spacial score (nSPS) is 20.1. The Kier molecular flexibility index (Phi) is 4.73. The van der Waals surface area contributed by atoms with E-state index in [2.05, 4.69) is 20.9 Å². The molecule has 0 aromatic carbocycles. The standard InChI is InChI=1S/C16H23N5O3/c1-4-13-15(10(2)20-24-13)19-16(22)18-12-6-5-7-14(12)23-11-8-17-21(3)9-11/h8-9,12,14H,4-7H2,1-3H3,(H2,18,19,22)/t12-,14+/m1/s1. The van der Waals surface area contributed by atoms with Gasteiger partial charge in [0.25, 0.3) is 0 Å². The molecule has 0 spiro atoms. The van der Waals surface area contributed by atoms with Gasteiger partial charge in [0.1, 0.15) is 17.5 Å². The van der Waals surface area contributed by atoms with E-state index in [1.54, 1.807) is 10.9 Å². The molecule has 24 heavy (non-hydrogen) atoms. The summed E-state index contributed by atoms with van der Waals surface area (Å²) >= 11 is 0. The summed E-state index contributed by atoms with van der Waals surface area (Å²) in [4.78, 5) is 12.3. The minimum Gasteiger partial charge on any atom is -0.485 e. The van der Waals surface area contributed by atoms with Gasteiger partial charge in [-0.3, -0.25) is 4.68 Å². The first-order valence-corrected chi connectivity index (χ1v) is 8.24. The van der Waals surface area contributed by atoms with Crippen molar-refractivity contribution in [2.45, 2.75) is 51.7 Å². The summed E-state index contributed by atoms with van der Waals surface area (Å²) < 4.78 is 12.8. The van der Waals surface area contributed by atoms with Crippen molar-refractivity contribution in [2.75, 3.05) is 5.32 Å². The zero-order chi connectivity index (χ0) is 17.1. The number of aromatic nitrogens is 3. The van der Waals surface area contributed by atoms with Crippen LogP contribution in [-0.2, 0) is 13.5 Å². The number of nitrogens with one attached hydrogen (secondary N) is 2. The van der Waals surface area contributed by atoms with Gasteiger partial charge in [0, 0.05) is 13.5 Å². The first-order valence-electron chi connectivity index (χ1n) is 8.24. The van der Waals surface area contributed by atoms with Gasteiger partial charge in [0.15, 0.2) is 11.5 Å². The number of hydrogen-bond donors (Lipinski definition) is 2. The molecule has 2 heterocycles. The van der Waals surface area contributed by atoms with E-state index in [1.807, 2.05) is 27.1 Å². The second kappa shape index (κ2) is 6.94. The van der Waals surface area contributed by atoms with Gasteiger partial charge >= 0.3 is 6.03 Å². The molecule has 0 bridgehead atoms. The van der Waals surface area contributed by atoms with Crippen LogP contribution in [0.4, 0.5) is 10.5 Å². The van der Waals surface area contributed by atoms with Gasteiger partial charge in [-0.15, -0.1) is 0 Å². The van der Waals surface area contributed by atoms with Crippen LogP contribution in [0.2, 0.25) is 0 Å². The molecule has 130 valence electrons. The van der Waals surface area contributed by atoms with Crippen molar-refractivity contribution in [3.63, 3.8) is 0 Å². The highest BCUT2D eigenvalue weighted by Crippen LogP contribution is 2.25. The SMILES string of the molecule is CCc1onc(C)c1NC(=O)N[C@@H]1CCC[C@@H]1Oc1cnn(C)c1. The number of ether oxygens (including phenoxy) is 1. The Hall–Kier alpha value is -2.51. The van der Waals surface area contributed by atoms with Gasteiger partial charge in [-0.1, -0.05) is 12.1 Å². The van der Waals surface area contributed by atoms with Crippen molar-refractivity contribution in [3.05, 3.63) is 23.8 Å². The fraction of sp³-hybridized carbons (Fsp3) is 0.562. The van der Waals surface area contributed by atoms with Crippen LogP contribution in [-0.4, -0.2) is 33.1 Å². The van der Waals surface area contributed by atoms with Crippen molar-refractivity contribution >= 4 is 11.7 Å². The fourth-order valence-corrected chi connectivity index (χ4v) is 3.00. The molecule has 8 nitrogen and oxygen atoms in total. The molecular formula is C16H23N5O3. The molecule has 2 N–H and O–H groups in total. The number of carbonyl (C=O) groups is 1. The summed E-state index contributed by atoms with van der Waals surface area (Å²) in [5, 5.41) is 13.8. The molecule has 1 saturated carbocycles. The Morgan fingerprint density at radius 3 is 3.04 bits per heavy atom. The van der Waals surface area contributed by atoms with Crippen LogP contribution >= 0.6 is 0 Å². The molecule has 1 fully saturated rings. The quantitative estimate of drug-likeness (QED) is 0.876. The smallest absolute Gasteiger partial charge is 0.319 e. The lowest BCUT2D eigenvalue weighted by molar-refractivity contribution is 0.175. The number of aryl methyl sites for hydroxylation is 3. The highest BCUT2D eigenvalue weighted by atomic mass is 16.5. The number of nitrogens with zero attached hydrogens (tertiary/aromatic N) is 3. The average Bonchev–Trinajstić information content (AvgIpc) is 3.24. The van der Waals surface area contributed by atoms with Crippen molar-refractivity contribution in [3.8, 4) is 5.75 Å². The van der Waals surface area contributed by atoms with Crippen LogP contribution in [0, 0.1) is 6.92 Å². The number of carbonyl (C=O) groups excluding carboxylic acids is 1. The minimum atomic E-state index is -0.261. The molecule has 3 rings (SSSR count). The lowest BCUT2D eigenvalue weighted by Gasteiger charge is -2.21. The Labute approximate surface area is 140 Å². The number of urea groups is 1. The second-order valence-electron chi connectivity index (χ2n) is 6.06. The van der Waals surface area contributed by atoms with E-state index in [4.69, 9.17) is 9.26 Å². The Bertz CT molecular complexity index is 708. The molecule has 2 aromatic rings. The summed E-state index contributed by atoms with van der Waals surface area (Å²) in [6.45, 7) is 3.76. The maximum atomic E-state index is 12.3. The molecule has 0 saturated heterocycles. The minimum absolute atomic E-state index is 0.0320. The number of anilines is 1. The summed E-state index contributed by atoms with van der Waals surface area (Å²) in [7, 11) is 1.84. The Morgan fingerprint density at radius 1 is 1.50 bits per heavy atom. The molecule has 0 unspecified atom stereocenters. The maximum Gasteiger partial charge on any atom is 0.319 e. The van der Waals surface area contributed by atoms with Gasteiger partial charge in [0.2, 0.25) is 0 Å². The average molecular weight is 333 g/mol. The number of amides is 2. The molecular weight excluding hydrogens is 310 g/mol. The van der Waals surface area contributed by atoms with Gasteiger partial charge in [0.05, 0.1) is 18.4 Å². The monoisotopic (exact) mass is 333 g/mol. The fourth-order valence-electron chi connectivity index (χ4n) is 3.00. The van der Waals surface area contributed by atoms with E-state index < -0.39 is 0 Å². The zero-order valence-electron chi connectivity index (χ0n) is 14.2. The summed E-state index contributed by atoms with van der Waals surface area (Å²) in [5.74, 6) is 1.40. The van der Waals surface area contributed by atoms with Crippen LogP contribution in [0.5, 0.6) is 5.75 Å². The van der Waals surface area contributed by atoms with Crippen LogP contribution in [0.15, 0.2) is 16.9 Å². The van der Waals surface area contributed by atoms with Crippen LogP contribution in [0.1, 0.15) is 37.6 Å². The third-order valence-electron chi connectivity index (χ3n) is 4.23. The van der Waals surface area contributed by atoms with Gasteiger partial charge in [-0.05, 0) is 26.2 Å². The molecule has 2 atom stereocenters. The molecule has 1 aliphatic carbocycles. The molecule has 1 aliphatic rings. The van der Waals surface area contributed by atoms with E-state index >= 15 is 0 Å². The predicted molar refractivity (Wildman–Crippen MR) is 88.0 cm³/mol. The Morgan fingerprint density at radius 2 is 2.33 bits per heavy atom. The third-order valence-corrected chi connectivity index (χ3v) is 4.23. The first kappa shape index (κ1) is 16.4. The molecule has 0 aliphatic heterocycles. The third kappa shape index (κ3) is 3.52. The van der Waals surface area contributed by atoms with E-state index in [0.717, 1.165) is 25.0 Å². The van der Waals surface area contributed by atoms with Crippen LogP contribution < -0.4 is 15.4 Å². The van der Waals surface area contributed by atoms with Crippen LogP contribution in [0.25, 0.3) is 0 Å². The van der Waals surface area contributed by atoms with E-state index in [9.17, 15) is 4.79 Å². The van der Waals surface area contributed by atoms with Gasteiger partial charge < -0.3 is 19.9 Å². The van der Waals surface area contributed by atoms with Crippen molar-refractivity contribution in [1.82, 2.24) is 20.3 Å². The van der Waals surface area contributed by atoms with Crippen molar-refractivity contribution < 1.29 is 14.1 Å². The molecule has 0 radical (unpaired) electrons. The van der Waals surface area contributed by atoms with Crippen molar-refractivity contribution in [2.24, 2.45) is 7.05 Å². The largest absolute Gasteiger partial charge is 0.485 e. The number of hydrogen-bond acceptors (Lipinski definition) is 5. The summed E-state index contributed by atoms with van der Waals surface area (Å²) in [6.07, 6.45) is 6.95. The molecule has 2 amide bonds. The zero-order valence-corrected chi connectivity index (χ0v) is 14.2. The number of rotatable bonds is 5. The lowest BCUT2D eigenvalue weighted by Crippen LogP contribution is -2.44. The topological polar surface area (TPSA) is 94.2 Å². The Balaban J connectivity index is 1.59. The van der Waals surface area contributed by atoms with Gasteiger partial charge in [-0.2, -0.15) is 5.10 Å². The van der Waals surface area contributed by atoms with Crippen molar-refractivity contribution in [1.29, 1.82) is 0 Å². The van der Waals surface area contributed by atoms with E-state index in [-0.39, 0.29) is 18.2 Å². The maximum absolute atomic E-state index is 12.3. The predicted octanol–water partition coefficient (Wildman–Crippen LogP) is 2.40. The molecule has 8 heteroatoms. The first-order chi connectivity index (χ1) is 11.6. The van der Waals surface area contributed by atoms with E-state index in [0.29, 0.717) is 23.6 Å². The second-order valence-corrected chi connectivity index (χ2v) is 6.06. The van der Waals surface area contributed by atoms with Gasteiger partial charge in [-0.25, -0.2) is 4.79 Å². The lowest BCUT2D eigenvalue weighted by atomic mass is 10.2.